The topological polar surface area (TPSA) is 52.6 Å². The molecule has 0 spiro atoms. The number of ether oxygens (including phenoxy) is 2. The Labute approximate surface area is 131 Å². The highest BCUT2D eigenvalue weighted by Crippen LogP contribution is 2.02. The summed E-state index contributed by atoms with van der Waals surface area (Å²) in [6, 6.07) is 0. The fraction of sp³-hybridized carbons (Fsp3) is 0.846. The molecular weight excluding hydrogens is 380 g/mol. The maximum atomic E-state index is 11.2. The van der Waals surface area contributed by atoms with Crippen molar-refractivity contribution in [3.63, 3.8) is 0 Å². The number of unbranched alkanes of at least 4 members (excludes halogenated alkanes) is 2. The molecule has 0 aliphatic rings. The minimum atomic E-state index is -0.176. The molecule has 0 aromatic rings. The first-order chi connectivity index (χ1) is 9.20. The Balaban J connectivity index is 3.29. The summed E-state index contributed by atoms with van der Waals surface area (Å²) in [4.78, 5) is 22.5. The maximum absolute atomic E-state index is 11.2. The van der Waals surface area contributed by atoms with Crippen molar-refractivity contribution in [3.8, 4) is 0 Å². The lowest BCUT2D eigenvalue weighted by molar-refractivity contribution is -0.146. The fourth-order valence-electron chi connectivity index (χ4n) is 1.30. The molecule has 0 aromatic carbocycles. The van der Waals surface area contributed by atoms with Crippen molar-refractivity contribution in [2.75, 3.05) is 23.9 Å². The zero-order valence-corrected chi connectivity index (χ0v) is 14.3. The summed E-state index contributed by atoms with van der Waals surface area (Å²) in [6.07, 6.45) is 5.10. The van der Waals surface area contributed by atoms with Crippen molar-refractivity contribution in [1.82, 2.24) is 0 Å². The van der Waals surface area contributed by atoms with Gasteiger partial charge >= 0.3 is 11.9 Å². The van der Waals surface area contributed by atoms with Crippen LogP contribution in [0.3, 0.4) is 0 Å². The van der Waals surface area contributed by atoms with E-state index in [2.05, 4.69) is 31.9 Å². The molecule has 0 unspecified atom stereocenters. The van der Waals surface area contributed by atoms with E-state index in [-0.39, 0.29) is 11.9 Å². The van der Waals surface area contributed by atoms with E-state index in [4.69, 9.17) is 9.47 Å². The Morgan fingerprint density at radius 1 is 0.684 bits per heavy atom. The molecule has 112 valence electrons. The summed E-state index contributed by atoms with van der Waals surface area (Å²) in [5.74, 6) is -0.353. The zero-order valence-electron chi connectivity index (χ0n) is 11.2. The molecule has 0 fully saturated rings. The van der Waals surface area contributed by atoms with E-state index >= 15 is 0 Å². The zero-order chi connectivity index (χ0) is 14.3. The minimum Gasteiger partial charge on any atom is -0.466 e. The lowest BCUT2D eigenvalue weighted by Gasteiger charge is -2.06. The summed E-state index contributed by atoms with van der Waals surface area (Å²) < 4.78 is 10.0. The van der Waals surface area contributed by atoms with Crippen molar-refractivity contribution >= 4 is 43.8 Å². The van der Waals surface area contributed by atoms with Gasteiger partial charge in [-0.15, -0.1) is 0 Å². The SMILES string of the molecule is O=C(CCCCBr)OCCCOC(=O)CCCCBr. The Morgan fingerprint density at radius 2 is 1.11 bits per heavy atom. The van der Waals surface area contributed by atoms with Crippen LogP contribution in [0.1, 0.15) is 44.9 Å². The van der Waals surface area contributed by atoms with Gasteiger partial charge in [-0.1, -0.05) is 31.9 Å². The molecule has 0 saturated heterocycles. The highest BCUT2D eigenvalue weighted by atomic mass is 79.9. The van der Waals surface area contributed by atoms with Gasteiger partial charge in [-0.3, -0.25) is 9.59 Å². The second-order valence-corrected chi connectivity index (χ2v) is 5.67. The Hall–Kier alpha value is -0.100. The Kier molecular flexibility index (Phi) is 14.2. The van der Waals surface area contributed by atoms with Gasteiger partial charge in [-0.05, 0) is 25.7 Å². The van der Waals surface area contributed by atoms with Crippen molar-refractivity contribution in [1.29, 1.82) is 0 Å². The van der Waals surface area contributed by atoms with Crippen molar-refractivity contribution < 1.29 is 19.1 Å². The predicted octanol–water partition coefficient (Wildman–Crippen LogP) is 3.59. The van der Waals surface area contributed by atoms with E-state index in [1.54, 1.807) is 0 Å². The normalized spacial score (nSPS) is 10.2. The fourth-order valence-corrected chi connectivity index (χ4v) is 2.10. The number of hydrogen-bond acceptors (Lipinski definition) is 4. The van der Waals surface area contributed by atoms with E-state index in [9.17, 15) is 9.59 Å². The molecule has 0 radical (unpaired) electrons. The molecule has 0 bridgehead atoms. The van der Waals surface area contributed by atoms with Crippen LogP contribution in [-0.2, 0) is 19.1 Å². The summed E-state index contributed by atoms with van der Waals surface area (Å²) in [5.41, 5.74) is 0. The largest absolute Gasteiger partial charge is 0.466 e. The predicted molar refractivity (Wildman–Crippen MR) is 81.8 cm³/mol. The van der Waals surface area contributed by atoms with Crippen molar-refractivity contribution in [2.45, 2.75) is 44.9 Å². The molecular formula is C13H22Br2O4. The van der Waals surface area contributed by atoms with Gasteiger partial charge in [0, 0.05) is 29.9 Å². The minimum absolute atomic E-state index is 0.176. The van der Waals surface area contributed by atoms with Crippen molar-refractivity contribution in [3.05, 3.63) is 0 Å². The number of carbonyl (C=O) groups excluding carboxylic acids is 2. The third kappa shape index (κ3) is 14.1. The van der Waals surface area contributed by atoms with Crippen LogP contribution in [-0.4, -0.2) is 35.8 Å². The van der Waals surface area contributed by atoms with Crippen LogP contribution >= 0.6 is 31.9 Å². The van der Waals surface area contributed by atoms with Gasteiger partial charge in [0.15, 0.2) is 0 Å². The molecule has 0 atom stereocenters. The Bertz CT molecular complexity index is 223. The molecule has 0 N–H and O–H groups in total. The number of carbonyl (C=O) groups is 2. The van der Waals surface area contributed by atoms with Gasteiger partial charge in [-0.25, -0.2) is 0 Å². The van der Waals surface area contributed by atoms with E-state index in [1.807, 2.05) is 0 Å². The van der Waals surface area contributed by atoms with Gasteiger partial charge in [0.1, 0.15) is 0 Å². The average molecular weight is 402 g/mol. The number of halogens is 2. The summed E-state index contributed by atoms with van der Waals surface area (Å²) in [6.45, 7) is 0.643. The molecule has 4 nitrogen and oxygen atoms in total. The Morgan fingerprint density at radius 3 is 1.47 bits per heavy atom. The van der Waals surface area contributed by atoms with Crippen LogP contribution in [0.5, 0.6) is 0 Å². The quantitative estimate of drug-likeness (QED) is 0.285. The van der Waals surface area contributed by atoms with Crippen molar-refractivity contribution in [2.24, 2.45) is 0 Å². The smallest absolute Gasteiger partial charge is 0.305 e. The van der Waals surface area contributed by atoms with Crippen LogP contribution in [0.2, 0.25) is 0 Å². The van der Waals surface area contributed by atoms with Crippen LogP contribution < -0.4 is 0 Å². The highest BCUT2D eigenvalue weighted by molar-refractivity contribution is 9.09. The first-order valence-electron chi connectivity index (χ1n) is 6.64. The number of hydrogen-bond donors (Lipinski definition) is 0. The summed E-state index contributed by atoms with van der Waals surface area (Å²) >= 11 is 6.61. The van der Waals surface area contributed by atoms with E-state index in [1.165, 1.54) is 0 Å². The standard InChI is InChI=1S/C13H22Br2O4/c14-8-3-1-6-12(16)18-10-5-11-19-13(17)7-2-4-9-15/h1-11H2. The van der Waals surface area contributed by atoms with Gasteiger partial charge < -0.3 is 9.47 Å². The third-order valence-electron chi connectivity index (χ3n) is 2.34. The monoisotopic (exact) mass is 400 g/mol. The average Bonchev–Trinajstić information content (AvgIpc) is 2.39. The molecule has 0 amide bonds. The van der Waals surface area contributed by atoms with Gasteiger partial charge in [0.2, 0.25) is 0 Å². The number of esters is 2. The lowest BCUT2D eigenvalue weighted by atomic mass is 10.2. The maximum Gasteiger partial charge on any atom is 0.305 e. The molecule has 0 rings (SSSR count). The summed E-state index contributed by atoms with van der Waals surface area (Å²) in [5, 5.41) is 1.82. The van der Waals surface area contributed by atoms with Crippen LogP contribution in [0.4, 0.5) is 0 Å². The second-order valence-electron chi connectivity index (χ2n) is 4.09. The summed E-state index contributed by atoms with van der Waals surface area (Å²) in [7, 11) is 0. The van der Waals surface area contributed by atoms with Crippen LogP contribution in [0.15, 0.2) is 0 Å². The number of alkyl halides is 2. The molecule has 6 heteroatoms. The highest BCUT2D eigenvalue weighted by Gasteiger charge is 2.04. The third-order valence-corrected chi connectivity index (χ3v) is 3.47. The molecule has 0 saturated carbocycles. The first kappa shape index (κ1) is 18.9. The second kappa shape index (κ2) is 14.3. The van der Waals surface area contributed by atoms with Gasteiger partial charge in [0.05, 0.1) is 13.2 Å². The molecule has 0 aliphatic carbocycles. The van der Waals surface area contributed by atoms with Gasteiger partial charge in [-0.2, -0.15) is 0 Å². The van der Waals surface area contributed by atoms with E-state index in [0.717, 1.165) is 36.3 Å². The van der Waals surface area contributed by atoms with E-state index < -0.39 is 0 Å². The number of rotatable bonds is 12. The molecule has 0 aromatic heterocycles. The van der Waals surface area contributed by atoms with Crippen LogP contribution in [0, 0.1) is 0 Å². The lowest BCUT2D eigenvalue weighted by Crippen LogP contribution is -2.10. The van der Waals surface area contributed by atoms with Gasteiger partial charge in [0.25, 0.3) is 0 Å². The van der Waals surface area contributed by atoms with Crippen LogP contribution in [0.25, 0.3) is 0 Å². The molecule has 19 heavy (non-hydrogen) atoms. The molecule has 0 heterocycles. The first-order valence-corrected chi connectivity index (χ1v) is 8.88. The molecule has 0 aliphatic heterocycles. The van der Waals surface area contributed by atoms with E-state index in [0.29, 0.717) is 32.5 Å².